The molecular formula is C9H14N2. The van der Waals surface area contributed by atoms with Crippen LogP contribution in [0.1, 0.15) is 13.8 Å². The molecule has 1 rings (SSSR count). The van der Waals surface area contributed by atoms with Crippen LogP contribution in [0.25, 0.3) is 0 Å². The minimum absolute atomic E-state index is 0.345. The second kappa shape index (κ2) is 3.39. The highest BCUT2D eigenvalue weighted by molar-refractivity contribution is 5.44. The molecule has 2 heteroatoms. The first kappa shape index (κ1) is 8.08. The Labute approximate surface area is 67.6 Å². The number of nitrogens with zero attached hydrogens (tertiary/aromatic N) is 1. The summed E-state index contributed by atoms with van der Waals surface area (Å²) in [6, 6.07) is 10.3. The van der Waals surface area contributed by atoms with Crippen LogP contribution in [0.2, 0.25) is 0 Å². The Morgan fingerprint density at radius 1 is 1.18 bits per heavy atom. The third-order valence-corrected chi connectivity index (χ3v) is 1.61. The average Bonchev–Trinajstić information content (AvgIpc) is 2.05. The molecule has 0 atom stereocenters. The third kappa shape index (κ3) is 1.95. The van der Waals surface area contributed by atoms with Gasteiger partial charge in [0.2, 0.25) is 0 Å². The van der Waals surface area contributed by atoms with Gasteiger partial charge in [0.15, 0.2) is 0 Å². The van der Waals surface area contributed by atoms with Crippen molar-refractivity contribution in [3.63, 3.8) is 0 Å². The summed E-state index contributed by atoms with van der Waals surface area (Å²) < 4.78 is 0. The molecule has 0 saturated heterocycles. The van der Waals surface area contributed by atoms with Gasteiger partial charge in [0, 0.05) is 6.04 Å². The van der Waals surface area contributed by atoms with Crippen LogP contribution in [-0.2, 0) is 0 Å². The van der Waals surface area contributed by atoms with E-state index in [0.29, 0.717) is 6.04 Å². The van der Waals surface area contributed by atoms with Crippen molar-refractivity contribution in [3.05, 3.63) is 30.3 Å². The lowest BCUT2D eigenvalue weighted by atomic mass is 10.3. The third-order valence-electron chi connectivity index (χ3n) is 1.61. The van der Waals surface area contributed by atoms with Crippen LogP contribution in [0, 0.1) is 0 Å². The fourth-order valence-corrected chi connectivity index (χ4v) is 0.898. The molecule has 0 saturated carbocycles. The largest absolute Gasteiger partial charge is 0.309 e. The summed E-state index contributed by atoms with van der Waals surface area (Å²) in [6.07, 6.45) is 0. The van der Waals surface area contributed by atoms with Crippen LogP contribution in [0.3, 0.4) is 0 Å². The van der Waals surface area contributed by atoms with Gasteiger partial charge in [0.05, 0.1) is 5.69 Å². The van der Waals surface area contributed by atoms with E-state index in [1.165, 1.54) is 0 Å². The van der Waals surface area contributed by atoms with Gasteiger partial charge in [-0.25, -0.2) is 5.84 Å². The number of rotatable bonds is 2. The number of hydrogen-bond acceptors (Lipinski definition) is 2. The van der Waals surface area contributed by atoms with Crippen molar-refractivity contribution >= 4 is 5.69 Å². The number of hydrazine groups is 1. The molecule has 0 aliphatic carbocycles. The van der Waals surface area contributed by atoms with E-state index in [0.717, 1.165) is 5.69 Å². The fraction of sp³-hybridized carbons (Fsp3) is 0.333. The number of para-hydroxylation sites is 1. The van der Waals surface area contributed by atoms with Gasteiger partial charge in [0.25, 0.3) is 0 Å². The van der Waals surface area contributed by atoms with Gasteiger partial charge in [-0.3, -0.25) is 0 Å². The van der Waals surface area contributed by atoms with Crippen molar-refractivity contribution in [1.29, 1.82) is 0 Å². The standard InChI is InChI=1S/C9H14N2/c1-8(2)11(10)9-6-4-3-5-7-9/h3-8H,10H2,1-2H3. The predicted molar refractivity (Wildman–Crippen MR) is 48.2 cm³/mol. The quantitative estimate of drug-likeness (QED) is 0.514. The molecule has 0 aliphatic rings. The first-order valence-corrected chi connectivity index (χ1v) is 3.81. The van der Waals surface area contributed by atoms with Crippen molar-refractivity contribution in [2.45, 2.75) is 19.9 Å². The summed E-state index contributed by atoms with van der Waals surface area (Å²) in [4.78, 5) is 0. The summed E-state index contributed by atoms with van der Waals surface area (Å²) in [5.74, 6) is 5.77. The first-order valence-electron chi connectivity index (χ1n) is 3.81. The smallest absolute Gasteiger partial charge is 0.0520 e. The molecule has 60 valence electrons. The number of anilines is 1. The van der Waals surface area contributed by atoms with Crippen molar-refractivity contribution in [2.75, 3.05) is 5.01 Å². The molecular weight excluding hydrogens is 136 g/mol. The lowest BCUT2D eigenvalue weighted by Gasteiger charge is -2.22. The average molecular weight is 150 g/mol. The monoisotopic (exact) mass is 150 g/mol. The van der Waals surface area contributed by atoms with E-state index in [4.69, 9.17) is 5.84 Å². The van der Waals surface area contributed by atoms with Crippen LogP contribution in [0.5, 0.6) is 0 Å². The lowest BCUT2D eigenvalue weighted by molar-refractivity contribution is 0.711. The zero-order valence-corrected chi connectivity index (χ0v) is 6.99. The molecule has 0 aliphatic heterocycles. The highest BCUT2D eigenvalue weighted by atomic mass is 15.4. The molecule has 0 unspecified atom stereocenters. The van der Waals surface area contributed by atoms with Gasteiger partial charge in [-0.15, -0.1) is 0 Å². The lowest BCUT2D eigenvalue weighted by Crippen LogP contribution is -2.37. The van der Waals surface area contributed by atoms with Crippen LogP contribution >= 0.6 is 0 Å². The summed E-state index contributed by atoms with van der Waals surface area (Å²) in [7, 11) is 0. The molecule has 1 aromatic rings. The Balaban J connectivity index is 2.77. The molecule has 2 nitrogen and oxygen atoms in total. The molecule has 11 heavy (non-hydrogen) atoms. The van der Waals surface area contributed by atoms with Crippen LogP contribution in [0.4, 0.5) is 5.69 Å². The van der Waals surface area contributed by atoms with Gasteiger partial charge in [-0.1, -0.05) is 18.2 Å². The first-order chi connectivity index (χ1) is 5.22. The van der Waals surface area contributed by atoms with Crippen molar-refractivity contribution in [3.8, 4) is 0 Å². The van der Waals surface area contributed by atoms with Gasteiger partial charge in [-0.05, 0) is 26.0 Å². The Bertz CT molecular complexity index is 206. The van der Waals surface area contributed by atoms with E-state index in [2.05, 4.69) is 13.8 Å². The molecule has 0 heterocycles. The van der Waals surface area contributed by atoms with Gasteiger partial charge in [0.1, 0.15) is 0 Å². The molecule has 0 amide bonds. The maximum atomic E-state index is 5.77. The Kier molecular flexibility index (Phi) is 2.49. The number of nitrogens with two attached hydrogens (primary N) is 1. The summed E-state index contributed by atoms with van der Waals surface area (Å²) in [5, 5.41) is 1.75. The predicted octanol–water partition coefficient (Wildman–Crippen LogP) is 1.78. The van der Waals surface area contributed by atoms with Crippen molar-refractivity contribution in [1.82, 2.24) is 0 Å². The Morgan fingerprint density at radius 3 is 2.18 bits per heavy atom. The van der Waals surface area contributed by atoms with Gasteiger partial charge >= 0.3 is 0 Å². The van der Waals surface area contributed by atoms with E-state index in [1.807, 2.05) is 30.3 Å². The van der Waals surface area contributed by atoms with E-state index in [9.17, 15) is 0 Å². The second-order valence-electron chi connectivity index (χ2n) is 2.84. The zero-order chi connectivity index (χ0) is 8.27. The summed E-state index contributed by atoms with van der Waals surface area (Å²) >= 11 is 0. The molecule has 0 radical (unpaired) electrons. The normalized spacial score (nSPS) is 10.2. The number of hydrogen-bond donors (Lipinski definition) is 1. The Morgan fingerprint density at radius 2 is 1.73 bits per heavy atom. The minimum Gasteiger partial charge on any atom is -0.309 e. The molecule has 0 bridgehead atoms. The zero-order valence-electron chi connectivity index (χ0n) is 6.99. The molecule has 0 fully saturated rings. The topological polar surface area (TPSA) is 29.3 Å². The van der Waals surface area contributed by atoms with Crippen LogP contribution in [-0.4, -0.2) is 6.04 Å². The molecule has 0 spiro atoms. The van der Waals surface area contributed by atoms with Crippen molar-refractivity contribution < 1.29 is 0 Å². The maximum Gasteiger partial charge on any atom is 0.0520 e. The summed E-state index contributed by atoms with van der Waals surface area (Å²) in [5.41, 5.74) is 1.06. The van der Waals surface area contributed by atoms with Crippen molar-refractivity contribution in [2.24, 2.45) is 5.84 Å². The van der Waals surface area contributed by atoms with E-state index in [-0.39, 0.29) is 0 Å². The van der Waals surface area contributed by atoms with Crippen LogP contribution < -0.4 is 10.9 Å². The van der Waals surface area contributed by atoms with E-state index >= 15 is 0 Å². The minimum atomic E-state index is 0.345. The van der Waals surface area contributed by atoms with Gasteiger partial charge in [-0.2, -0.15) is 0 Å². The maximum absolute atomic E-state index is 5.77. The fourth-order valence-electron chi connectivity index (χ4n) is 0.898. The van der Waals surface area contributed by atoms with E-state index in [1.54, 1.807) is 5.01 Å². The van der Waals surface area contributed by atoms with E-state index < -0.39 is 0 Å². The molecule has 0 aromatic heterocycles. The molecule has 2 N–H and O–H groups in total. The highest BCUT2D eigenvalue weighted by Crippen LogP contribution is 2.11. The van der Waals surface area contributed by atoms with Gasteiger partial charge < -0.3 is 5.01 Å². The van der Waals surface area contributed by atoms with Crippen LogP contribution in [0.15, 0.2) is 30.3 Å². The number of benzene rings is 1. The molecule has 1 aromatic carbocycles. The highest BCUT2D eigenvalue weighted by Gasteiger charge is 2.02. The second-order valence-corrected chi connectivity index (χ2v) is 2.84. The summed E-state index contributed by atoms with van der Waals surface area (Å²) in [6.45, 7) is 4.12. The Hall–Kier alpha value is -1.02. The SMILES string of the molecule is CC(C)N(N)c1ccccc1.